The molecule has 118 valence electrons. The highest BCUT2D eigenvalue weighted by Gasteiger charge is 2.61. The van der Waals surface area contributed by atoms with Crippen molar-refractivity contribution in [1.82, 2.24) is 10.2 Å². The van der Waals surface area contributed by atoms with E-state index in [1.165, 1.54) is 38.5 Å². The number of carbonyl (C=O) groups is 1. The minimum absolute atomic E-state index is 0.148. The summed E-state index contributed by atoms with van der Waals surface area (Å²) in [6.07, 6.45) is 11.3. The van der Waals surface area contributed by atoms with E-state index in [0.717, 1.165) is 32.4 Å². The van der Waals surface area contributed by atoms with E-state index < -0.39 is 0 Å². The molecule has 1 aliphatic heterocycles. The summed E-state index contributed by atoms with van der Waals surface area (Å²) in [5, 5.41) is 3.73. The van der Waals surface area contributed by atoms with E-state index in [9.17, 15) is 4.79 Å². The second-order valence-corrected chi connectivity index (χ2v) is 7.89. The average Bonchev–Trinajstić information content (AvgIpc) is 3.36. The minimum Gasteiger partial charge on any atom is -0.385 e. The van der Waals surface area contributed by atoms with Gasteiger partial charge in [0.1, 0.15) is 0 Å². The van der Waals surface area contributed by atoms with Crippen LogP contribution in [0.3, 0.4) is 0 Å². The predicted octanol–water partition coefficient (Wildman–Crippen LogP) is 2.28. The van der Waals surface area contributed by atoms with E-state index in [4.69, 9.17) is 4.74 Å². The minimum atomic E-state index is -0.148. The lowest BCUT2D eigenvalue weighted by molar-refractivity contribution is -0.132. The van der Waals surface area contributed by atoms with Crippen LogP contribution in [0.4, 0.5) is 0 Å². The van der Waals surface area contributed by atoms with Crippen molar-refractivity contribution in [3.63, 3.8) is 0 Å². The molecule has 3 aliphatic carbocycles. The third-order valence-electron chi connectivity index (χ3n) is 6.33. The van der Waals surface area contributed by atoms with E-state index >= 15 is 0 Å². The first-order valence-corrected chi connectivity index (χ1v) is 8.76. The zero-order valence-corrected chi connectivity index (χ0v) is 13.2. The number of ether oxygens (including phenoxy) is 1. The van der Waals surface area contributed by atoms with Gasteiger partial charge in [0.05, 0.1) is 11.7 Å². The summed E-state index contributed by atoms with van der Waals surface area (Å²) in [5.41, 5.74) is 0.217. The van der Waals surface area contributed by atoms with E-state index in [1.807, 2.05) is 0 Å². The van der Waals surface area contributed by atoms with Gasteiger partial charge < -0.3 is 9.64 Å². The molecule has 1 saturated heterocycles. The summed E-state index contributed by atoms with van der Waals surface area (Å²) >= 11 is 0. The molecule has 0 aromatic rings. The van der Waals surface area contributed by atoms with Crippen molar-refractivity contribution in [2.24, 2.45) is 11.3 Å². The standard InChI is InChI=1S/C17H28N2O2/c1-21-11-10-16(6-7-16)12-19-14(13-4-2-3-5-13)18-17(8-9-17)15(19)20/h13-14,18H,2-12H2,1H3. The Labute approximate surface area is 127 Å². The highest BCUT2D eigenvalue weighted by atomic mass is 16.5. The van der Waals surface area contributed by atoms with Gasteiger partial charge in [0.2, 0.25) is 5.91 Å². The van der Waals surface area contributed by atoms with Gasteiger partial charge in [-0.15, -0.1) is 0 Å². The monoisotopic (exact) mass is 292 g/mol. The van der Waals surface area contributed by atoms with Crippen LogP contribution in [0.15, 0.2) is 0 Å². The van der Waals surface area contributed by atoms with Crippen molar-refractivity contribution in [1.29, 1.82) is 0 Å². The number of methoxy groups -OCH3 is 1. The molecule has 0 aromatic heterocycles. The van der Waals surface area contributed by atoms with Crippen LogP contribution in [0.1, 0.15) is 57.8 Å². The zero-order chi connectivity index (χ0) is 14.5. The molecule has 1 N–H and O–H groups in total. The molecular formula is C17H28N2O2. The maximum absolute atomic E-state index is 12.9. The molecule has 4 rings (SSSR count). The Bertz CT molecular complexity index is 423. The van der Waals surface area contributed by atoms with Gasteiger partial charge >= 0.3 is 0 Å². The third-order valence-corrected chi connectivity index (χ3v) is 6.33. The largest absolute Gasteiger partial charge is 0.385 e. The maximum Gasteiger partial charge on any atom is 0.244 e. The number of amides is 1. The number of carbonyl (C=O) groups excluding carboxylic acids is 1. The molecule has 0 aromatic carbocycles. The molecule has 4 fully saturated rings. The predicted molar refractivity (Wildman–Crippen MR) is 80.7 cm³/mol. The van der Waals surface area contributed by atoms with Gasteiger partial charge in [0.25, 0.3) is 0 Å². The quantitative estimate of drug-likeness (QED) is 0.816. The Morgan fingerprint density at radius 2 is 1.95 bits per heavy atom. The van der Waals surface area contributed by atoms with E-state index in [-0.39, 0.29) is 5.54 Å². The summed E-state index contributed by atoms with van der Waals surface area (Å²) in [5.74, 6) is 1.09. The molecule has 3 saturated carbocycles. The fourth-order valence-electron chi connectivity index (χ4n) is 4.47. The molecule has 1 amide bonds. The van der Waals surface area contributed by atoms with Gasteiger partial charge in [-0.25, -0.2) is 0 Å². The average molecular weight is 292 g/mol. The Kier molecular flexibility index (Phi) is 3.30. The van der Waals surface area contributed by atoms with Crippen LogP contribution in [-0.2, 0) is 9.53 Å². The Balaban J connectivity index is 1.49. The third kappa shape index (κ3) is 2.40. The maximum atomic E-state index is 12.9. The highest BCUT2D eigenvalue weighted by molar-refractivity contribution is 5.92. The first-order chi connectivity index (χ1) is 10.2. The summed E-state index contributed by atoms with van der Waals surface area (Å²) in [4.78, 5) is 15.1. The van der Waals surface area contributed by atoms with Gasteiger partial charge in [0.15, 0.2) is 0 Å². The smallest absolute Gasteiger partial charge is 0.244 e. The van der Waals surface area contributed by atoms with Gasteiger partial charge in [-0.2, -0.15) is 0 Å². The van der Waals surface area contributed by atoms with Crippen LogP contribution >= 0.6 is 0 Å². The van der Waals surface area contributed by atoms with Gasteiger partial charge in [0, 0.05) is 20.3 Å². The summed E-state index contributed by atoms with van der Waals surface area (Å²) in [6, 6.07) is 0. The number of nitrogens with one attached hydrogen (secondary N) is 1. The Hall–Kier alpha value is -0.610. The molecular weight excluding hydrogens is 264 g/mol. The number of rotatable bonds is 6. The lowest BCUT2D eigenvalue weighted by Crippen LogP contribution is -2.45. The molecule has 4 nitrogen and oxygen atoms in total. The number of hydrogen-bond donors (Lipinski definition) is 1. The summed E-state index contributed by atoms with van der Waals surface area (Å²) in [6.45, 7) is 1.79. The Morgan fingerprint density at radius 1 is 1.24 bits per heavy atom. The first-order valence-electron chi connectivity index (χ1n) is 8.76. The van der Waals surface area contributed by atoms with Crippen LogP contribution in [0.5, 0.6) is 0 Å². The first kappa shape index (κ1) is 14.0. The molecule has 21 heavy (non-hydrogen) atoms. The van der Waals surface area contributed by atoms with E-state index in [2.05, 4.69) is 10.2 Å². The summed E-state index contributed by atoms with van der Waals surface area (Å²) in [7, 11) is 1.78. The molecule has 4 heteroatoms. The van der Waals surface area contributed by atoms with Gasteiger partial charge in [-0.1, -0.05) is 12.8 Å². The molecule has 1 spiro atoms. The number of hydrogen-bond acceptors (Lipinski definition) is 3. The second-order valence-electron chi connectivity index (χ2n) is 7.89. The SMILES string of the molecule is COCCC1(CN2C(=O)C3(CC3)NC2C2CCCC2)CC1. The van der Waals surface area contributed by atoms with Crippen molar-refractivity contribution < 1.29 is 9.53 Å². The van der Waals surface area contributed by atoms with Crippen molar-refractivity contribution in [2.45, 2.75) is 69.5 Å². The van der Waals surface area contributed by atoms with Crippen LogP contribution in [-0.4, -0.2) is 42.8 Å². The fraction of sp³-hybridized carbons (Fsp3) is 0.941. The Morgan fingerprint density at radius 3 is 2.52 bits per heavy atom. The molecule has 1 atom stereocenters. The van der Waals surface area contributed by atoms with Crippen molar-refractivity contribution in [2.75, 3.05) is 20.3 Å². The van der Waals surface area contributed by atoms with Crippen LogP contribution in [0.2, 0.25) is 0 Å². The molecule has 0 radical (unpaired) electrons. The van der Waals surface area contributed by atoms with Crippen molar-refractivity contribution >= 4 is 5.91 Å². The molecule has 1 heterocycles. The fourth-order valence-corrected chi connectivity index (χ4v) is 4.47. The normalized spacial score (nSPS) is 33.1. The topological polar surface area (TPSA) is 41.6 Å². The second kappa shape index (κ2) is 4.95. The van der Waals surface area contributed by atoms with Crippen molar-refractivity contribution in [3.8, 4) is 0 Å². The summed E-state index contributed by atoms with van der Waals surface area (Å²) < 4.78 is 5.27. The van der Waals surface area contributed by atoms with E-state index in [0.29, 0.717) is 23.4 Å². The lowest BCUT2D eigenvalue weighted by atomic mass is 9.99. The lowest BCUT2D eigenvalue weighted by Gasteiger charge is -2.32. The molecule has 4 aliphatic rings. The zero-order valence-electron chi connectivity index (χ0n) is 13.2. The molecule has 0 bridgehead atoms. The number of nitrogens with zero attached hydrogens (tertiary/aromatic N) is 1. The van der Waals surface area contributed by atoms with Gasteiger partial charge in [-0.3, -0.25) is 10.1 Å². The van der Waals surface area contributed by atoms with Crippen molar-refractivity contribution in [3.05, 3.63) is 0 Å². The molecule has 1 unspecified atom stereocenters. The highest BCUT2D eigenvalue weighted by Crippen LogP contribution is 2.52. The van der Waals surface area contributed by atoms with E-state index in [1.54, 1.807) is 7.11 Å². The van der Waals surface area contributed by atoms with Crippen LogP contribution in [0.25, 0.3) is 0 Å². The van der Waals surface area contributed by atoms with Crippen LogP contribution in [0, 0.1) is 11.3 Å². The van der Waals surface area contributed by atoms with Crippen LogP contribution < -0.4 is 5.32 Å². The van der Waals surface area contributed by atoms with Gasteiger partial charge in [-0.05, 0) is 56.3 Å².